The van der Waals surface area contributed by atoms with Gasteiger partial charge in [-0.2, -0.15) is 4.57 Å². The fraction of sp³-hybridized carbons (Fsp3) is 0.750. The third-order valence-corrected chi connectivity index (χ3v) is 8.48. The third kappa shape index (κ3) is 22.0. The van der Waals surface area contributed by atoms with Gasteiger partial charge in [0.2, 0.25) is 5.51 Å². The van der Waals surface area contributed by atoms with Gasteiger partial charge in [-0.1, -0.05) is 145 Å². The zero-order chi connectivity index (χ0) is 28.9. The molecule has 5 heteroatoms. The molecule has 0 bridgehead atoms. The highest BCUT2D eigenvalue weighted by Gasteiger charge is 2.11. The van der Waals surface area contributed by atoms with E-state index in [-0.39, 0.29) is 6.10 Å². The Hall–Kier alpha value is -1.27. The fourth-order valence-electron chi connectivity index (χ4n) is 5.18. The van der Waals surface area contributed by atoms with Crippen molar-refractivity contribution in [1.82, 2.24) is 0 Å². The lowest BCUT2D eigenvalue weighted by molar-refractivity contribution is -0.692. The van der Waals surface area contributed by atoms with E-state index in [4.69, 9.17) is 14.2 Å². The summed E-state index contributed by atoms with van der Waals surface area (Å²) in [5.41, 5.74) is 3.39. The van der Waals surface area contributed by atoms with Gasteiger partial charge in [0.15, 0.2) is 6.20 Å². The second kappa shape index (κ2) is 27.6. The van der Waals surface area contributed by atoms with Crippen molar-refractivity contribution in [2.75, 3.05) is 26.4 Å². The van der Waals surface area contributed by atoms with E-state index in [9.17, 15) is 0 Å². The van der Waals surface area contributed by atoms with Gasteiger partial charge >= 0.3 is 0 Å². The van der Waals surface area contributed by atoms with Crippen LogP contribution in [-0.2, 0) is 27.4 Å². The van der Waals surface area contributed by atoms with Crippen LogP contribution in [0.25, 0.3) is 0 Å². The molecule has 234 valence electrons. The molecule has 1 atom stereocenters. The molecule has 1 heterocycles. The lowest BCUT2D eigenvalue weighted by Crippen LogP contribution is -2.29. The van der Waals surface area contributed by atoms with Crippen LogP contribution < -0.4 is 4.57 Å². The van der Waals surface area contributed by atoms with Crippen LogP contribution in [0.1, 0.15) is 134 Å². The van der Waals surface area contributed by atoms with Crippen LogP contribution in [0.2, 0.25) is 0 Å². The minimum Gasteiger partial charge on any atom is -0.379 e. The monoisotopic (exact) mass is 588 g/mol. The van der Waals surface area contributed by atoms with Crippen molar-refractivity contribution in [2.24, 2.45) is 0 Å². The van der Waals surface area contributed by atoms with Gasteiger partial charge in [-0.15, -0.1) is 0 Å². The molecule has 2 aromatic rings. The Morgan fingerprint density at radius 1 is 0.634 bits per heavy atom. The first-order chi connectivity index (χ1) is 20.4. The summed E-state index contributed by atoms with van der Waals surface area (Å²) >= 11 is 1.76. The Labute approximate surface area is 257 Å². The second-order valence-electron chi connectivity index (χ2n) is 11.7. The van der Waals surface area contributed by atoms with Crippen LogP contribution >= 0.6 is 11.3 Å². The van der Waals surface area contributed by atoms with E-state index in [0.717, 1.165) is 32.6 Å². The van der Waals surface area contributed by atoms with Crippen LogP contribution in [-0.4, -0.2) is 32.5 Å². The summed E-state index contributed by atoms with van der Waals surface area (Å²) in [4.78, 5) is 0. The van der Waals surface area contributed by atoms with Crippen molar-refractivity contribution < 1.29 is 18.8 Å². The van der Waals surface area contributed by atoms with Crippen LogP contribution in [0, 0.1) is 0 Å². The summed E-state index contributed by atoms with van der Waals surface area (Å²) in [5.74, 6) is 0. The number of nitrogens with zero attached hydrogens (tertiary/aromatic N) is 1. The van der Waals surface area contributed by atoms with Crippen molar-refractivity contribution >= 4 is 11.3 Å². The Kier molecular flexibility index (Phi) is 24.1. The summed E-state index contributed by atoms with van der Waals surface area (Å²) in [5, 5.41) is 2.14. The second-order valence-corrected chi connectivity index (χ2v) is 12.5. The maximum absolute atomic E-state index is 6.20. The molecule has 4 nitrogen and oxygen atoms in total. The number of hydrogen-bond donors (Lipinski definition) is 0. The lowest BCUT2D eigenvalue weighted by atomic mass is 10.0. The van der Waals surface area contributed by atoms with Gasteiger partial charge < -0.3 is 14.2 Å². The lowest BCUT2D eigenvalue weighted by Gasteiger charge is -2.18. The fourth-order valence-corrected chi connectivity index (χ4v) is 5.81. The molecule has 41 heavy (non-hydrogen) atoms. The molecule has 0 N–H and O–H groups in total. The highest BCUT2D eigenvalue weighted by atomic mass is 32.1. The molecule has 2 rings (SSSR count). The average molecular weight is 589 g/mol. The number of benzene rings is 1. The zero-order valence-electron chi connectivity index (χ0n) is 26.5. The SMILES string of the molecule is CCCCCCCCCCCCCCCCOCC(COCCCCCCC[n+]1ccsc1)OCc1ccccc1. The van der Waals surface area contributed by atoms with Gasteiger partial charge in [0.25, 0.3) is 0 Å². The van der Waals surface area contributed by atoms with Gasteiger partial charge in [0, 0.05) is 19.6 Å². The van der Waals surface area contributed by atoms with Crippen LogP contribution in [0.4, 0.5) is 0 Å². The quantitative estimate of drug-likeness (QED) is 0.0672. The first kappa shape index (κ1) is 35.9. The molecule has 0 radical (unpaired) electrons. The number of thiazole rings is 1. The smallest absolute Gasteiger partial charge is 0.224 e. The molecular formula is C36H62NO3S+. The molecule has 0 saturated carbocycles. The van der Waals surface area contributed by atoms with Crippen molar-refractivity contribution in [2.45, 2.75) is 148 Å². The standard InChI is InChI=1S/C36H62NO3S/c1-2-3-4-5-6-7-8-9-10-11-12-13-16-22-28-38-32-36(40-31-35-24-19-18-20-25-35)33-39-29-23-17-14-15-21-26-37-27-30-41-34-37/h18-20,24-25,27,30,34,36H,2-17,21-23,26,28-29,31-33H2,1H3/q+1. The van der Waals surface area contributed by atoms with E-state index in [1.165, 1.54) is 115 Å². The van der Waals surface area contributed by atoms with Gasteiger partial charge in [-0.05, 0) is 24.8 Å². The van der Waals surface area contributed by atoms with Gasteiger partial charge in [0.05, 0.1) is 25.2 Å². The van der Waals surface area contributed by atoms with Crippen molar-refractivity contribution in [3.05, 3.63) is 53.0 Å². The van der Waals surface area contributed by atoms with Crippen LogP contribution in [0.3, 0.4) is 0 Å². The molecule has 0 fully saturated rings. The molecule has 1 unspecified atom stereocenters. The first-order valence-corrected chi connectivity index (χ1v) is 18.0. The summed E-state index contributed by atoms with van der Waals surface area (Å²) in [7, 11) is 0. The zero-order valence-corrected chi connectivity index (χ0v) is 27.3. The summed E-state index contributed by atoms with van der Waals surface area (Å²) in [6.07, 6.45) is 27.7. The predicted molar refractivity (Wildman–Crippen MR) is 175 cm³/mol. The van der Waals surface area contributed by atoms with Crippen molar-refractivity contribution in [3.8, 4) is 0 Å². The third-order valence-electron chi connectivity index (χ3n) is 7.81. The number of aryl methyl sites for hydroxylation is 1. The Morgan fingerprint density at radius 3 is 1.66 bits per heavy atom. The summed E-state index contributed by atoms with van der Waals surface area (Å²) in [6.45, 7) is 6.90. The molecule has 1 aromatic heterocycles. The average Bonchev–Trinajstić information content (AvgIpc) is 3.52. The molecule has 0 saturated heterocycles. The molecular weight excluding hydrogens is 526 g/mol. The highest BCUT2D eigenvalue weighted by Crippen LogP contribution is 2.13. The Morgan fingerprint density at radius 2 is 1.15 bits per heavy atom. The molecule has 0 spiro atoms. The van der Waals surface area contributed by atoms with E-state index in [0.29, 0.717) is 19.8 Å². The number of aromatic nitrogens is 1. The molecule has 0 aliphatic heterocycles. The molecule has 0 amide bonds. The van der Waals surface area contributed by atoms with Crippen LogP contribution in [0.15, 0.2) is 47.4 Å². The minimum atomic E-state index is -0.00973. The molecule has 0 aliphatic carbocycles. The first-order valence-electron chi connectivity index (χ1n) is 17.1. The molecule has 0 aliphatic rings. The summed E-state index contributed by atoms with van der Waals surface area (Å²) < 4.78 is 20.5. The van der Waals surface area contributed by atoms with E-state index in [1.54, 1.807) is 11.3 Å². The number of unbranched alkanes of at least 4 members (excludes halogenated alkanes) is 17. The minimum absolute atomic E-state index is 0.00973. The maximum Gasteiger partial charge on any atom is 0.224 e. The Balaban J connectivity index is 1.44. The highest BCUT2D eigenvalue weighted by molar-refractivity contribution is 7.07. The van der Waals surface area contributed by atoms with Gasteiger partial charge in [-0.3, -0.25) is 0 Å². The number of hydrogen-bond acceptors (Lipinski definition) is 4. The van der Waals surface area contributed by atoms with Crippen molar-refractivity contribution in [3.63, 3.8) is 0 Å². The number of rotatable bonds is 30. The largest absolute Gasteiger partial charge is 0.379 e. The topological polar surface area (TPSA) is 31.6 Å². The maximum atomic E-state index is 6.20. The normalized spacial score (nSPS) is 12.2. The van der Waals surface area contributed by atoms with E-state index in [1.807, 2.05) is 6.07 Å². The van der Waals surface area contributed by atoms with Gasteiger partial charge in [-0.25, -0.2) is 0 Å². The van der Waals surface area contributed by atoms with Gasteiger partial charge in [0.1, 0.15) is 12.6 Å². The Bertz CT molecular complexity index is 770. The predicted octanol–water partition coefficient (Wildman–Crippen LogP) is 10.1. The van der Waals surface area contributed by atoms with Crippen LogP contribution in [0.5, 0.6) is 0 Å². The molecule has 1 aromatic carbocycles. The van der Waals surface area contributed by atoms with E-state index in [2.05, 4.69) is 52.8 Å². The summed E-state index contributed by atoms with van der Waals surface area (Å²) in [6, 6.07) is 10.4. The van der Waals surface area contributed by atoms with E-state index >= 15 is 0 Å². The number of ether oxygens (including phenoxy) is 3. The van der Waals surface area contributed by atoms with E-state index < -0.39 is 0 Å². The van der Waals surface area contributed by atoms with Crippen molar-refractivity contribution in [1.29, 1.82) is 0 Å².